The Balaban J connectivity index is 2.07. The monoisotopic (exact) mass is 332 g/mol. The first-order chi connectivity index (χ1) is 10.8. The minimum absolute atomic E-state index is 0.00790. The fraction of sp³-hybridized carbons (Fsp3) is 0.235. The van der Waals surface area contributed by atoms with Crippen LogP contribution < -0.4 is 10.5 Å². The second kappa shape index (κ2) is 6.93. The number of nitrogens with one attached hydrogen (secondary N) is 1. The van der Waals surface area contributed by atoms with Crippen LogP contribution in [0.5, 0.6) is 0 Å². The first-order valence-corrected chi connectivity index (χ1v) is 8.83. The molecule has 0 atom stereocenters. The minimum Gasteiger partial charge on any atom is -0.322 e. The third-order valence-electron chi connectivity index (χ3n) is 3.30. The van der Waals surface area contributed by atoms with E-state index in [1.165, 1.54) is 29.8 Å². The third-order valence-corrected chi connectivity index (χ3v) is 4.23. The van der Waals surface area contributed by atoms with Gasteiger partial charge in [0.25, 0.3) is 5.91 Å². The number of carbonyl (C=O) groups is 1. The van der Waals surface area contributed by atoms with E-state index in [4.69, 9.17) is 5.14 Å². The number of benzene rings is 2. The number of anilines is 1. The lowest BCUT2D eigenvalue weighted by atomic mass is 10.0. The van der Waals surface area contributed by atoms with Gasteiger partial charge in [-0.25, -0.2) is 13.6 Å². The van der Waals surface area contributed by atoms with Crippen LogP contribution in [0.1, 0.15) is 29.8 Å². The molecule has 1 amide bonds. The van der Waals surface area contributed by atoms with Crippen molar-refractivity contribution < 1.29 is 13.2 Å². The lowest BCUT2D eigenvalue weighted by Gasteiger charge is -2.08. The topological polar surface area (TPSA) is 89.3 Å². The highest BCUT2D eigenvalue weighted by Gasteiger charge is 2.09. The molecular weight excluding hydrogens is 312 g/mol. The van der Waals surface area contributed by atoms with Crippen LogP contribution in [-0.2, 0) is 16.4 Å². The first kappa shape index (κ1) is 17.2. The molecule has 122 valence electrons. The Morgan fingerprint density at radius 1 is 1.04 bits per heavy atom. The Kier molecular flexibility index (Phi) is 5.18. The van der Waals surface area contributed by atoms with Crippen molar-refractivity contribution in [2.75, 3.05) is 5.32 Å². The SMILES string of the molecule is CC(C)Cc1ccc(C(=O)Nc2ccc(S(N)(=O)=O)cc2)cc1. The quantitative estimate of drug-likeness (QED) is 0.882. The summed E-state index contributed by atoms with van der Waals surface area (Å²) in [6.07, 6.45) is 0.969. The van der Waals surface area contributed by atoms with Crippen molar-refractivity contribution >= 4 is 21.6 Å². The van der Waals surface area contributed by atoms with E-state index in [-0.39, 0.29) is 10.8 Å². The van der Waals surface area contributed by atoms with Crippen LogP contribution in [-0.4, -0.2) is 14.3 Å². The summed E-state index contributed by atoms with van der Waals surface area (Å²) in [6.45, 7) is 4.29. The zero-order valence-corrected chi connectivity index (χ0v) is 13.9. The van der Waals surface area contributed by atoms with Crippen molar-refractivity contribution in [3.05, 3.63) is 59.7 Å². The molecule has 3 N–H and O–H groups in total. The van der Waals surface area contributed by atoms with Gasteiger partial charge in [0.2, 0.25) is 10.0 Å². The summed E-state index contributed by atoms with van der Waals surface area (Å²) in [5.41, 5.74) is 2.25. The van der Waals surface area contributed by atoms with Crippen LogP contribution in [0.3, 0.4) is 0 Å². The minimum atomic E-state index is -3.73. The Hall–Kier alpha value is -2.18. The summed E-state index contributed by atoms with van der Waals surface area (Å²) in [5, 5.41) is 7.76. The van der Waals surface area contributed by atoms with Crippen molar-refractivity contribution in [1.29, 1.82) is 0 Å². The van der Waals surface area contributed by atoms with Gasteiger partial charge in [-0.2, -0.15) is 0 Å². The Morgan fingerprint density at radius 2 is 1.61 bits per heavy atom. The Labute approximate surface area is 136 Å². The zero-order valence-electron chi connectivity index (χ0n) is 13.1. The summed E-state index contributed by atoms with van der Waals surface area (Å²) in [6, 6.07) is 13.2. The summed E-state index contributed by atoms with van der Waals surface area (Å²) in [4.78, 5) is 12.2. The molecule has 23 heavy (non-hydrogen) atoms. The molecular formula is C17H20N2O3S. The molecule has 0 aromatic heterocycles. The molecule has 6 heteroatoms. The smallest absolute Gasteiger partial charge is 0.255 e. The number of nitrogens with two attached hydrogens (primary N) is 1. The molecule has 0 aliphatic heterocycles. The van der Waals surface area contributed by atoms with Gasteiger partial charge in [0, 0.05) is 11.3 Å². The van der Waals surface area contributed by atoms with Gasteiger partial charge in [0.05, 0.1) is 4.90 Å². The second-order valence-corrected chi connectivity index (χ2v) is 7.38. The van der Waals surface area contributed by atoms with E-state index in [1.807, 2.05) is 12.1 Å². The molecule has 5 nitrogen and oxygen atoms in total. The van der Waals surface area contributed by atoms with E-state index >= 15 is 0 Å². The number of rotatable bonds is 5. The summed E-state index contributed by atoms with van der Waals surface area (Å²) >= 11 is 0. The van der Waals surface area contributed by atoms with Crippen molar-refractivity contribution in [2.45, 2.75) is 25.2 Å². The zero-order chi connectivity index (χ0) is 17.0. The van der Waals surface area contributed by atoms with Gasteiger partial charge in [0.15, 0.2) is 0 Å². The van der Waals surface area contributed by atoms with Gasteiger partial charge in [0.1, 0.15) is 0 Å². The molecule has 0 fully saturated rings. The maximum atomic E-state index is 12.2. The summed E-state index contributed by atoms with van der Waals surface area (Å²) < 4.78 is 22.4. The summed E-state index contributed by atoms with van der Waals surface area (Å²) in [5.74, 6) is 0.316. The van der Waals surface area contributed by atoms with Gasteiger partial charge >= 0.3 is 0 Å². The van der Waals surface area contributed by atoms with Crippen LogP contribution >= 0.6 is 0 Å². The first-order valence-electron chi connectivity index (χ1n) is 7.29. The van der Waals surface area contributed by atoms with E-state index in [9.17, 15) is 13.2 Å². The molecule has 2 rings (SSSR count). The lowest BCUT2D eigenvalue weighted by Crippen LogP contribution is -2.14. The highest BCUT2D eigenvalue weighted by Crippen LogP contribution is 2.15. The van der Waals surface area contributed by atoms with Crippen LogP contribution in [0.25, 0.3) is 0 Å². The van der Waals surface area contributed by atoms with Crippen LogP contribution in [0.4, 0.5) is 5.69 Å². The molecule has 0 radical (unpaired) electrons. The largest absolute Gasteiger partial charge is 0.322 e. The van der Waals surface area contributed by atoms with Crippen molar-refractivity contribution in [1.82, 2.24) is 0 Å². The fourth-order valence-electron chi connectivity index (χ4n) is 2.19. The summed E-state index contributed by atoms with van der Waals surface area (Å²) in [7, 11) is -3.73. The van der Waals surface area contributed by atoms with Crippen LogP contribution in [0.15, 0.2) is 53.4 Å². The van der Waals surface area contributed by atoms with Gasteiger partial charge in [-0.1, -0.05) is 26.0 Å². The number of hydrogen-bond donors (Lipinski definition) is 2. The Morgan fingerprint density at radius 3 is 2.09 bits per heavy atom. The fourth-order valence-corrected chi connectivity index (χ4v) is 2.71. The maximum absolute atomic E-state index is 12.2. The van der Waals surface area contributed by atoms with Crippen LogP contribution in [0, 0.1) is 5.92 Å². The molecule has 0 bridgehead atoms. The molecule has 2 aromatic rings. The van der Waals surface area contributed by atoms with E-state index in [1.54, 1.807) is 12.1 Å². The molecule has 0 aliphatic rings. The van der Waals surface area contributed by atoms with E-state index in [2.05, 4.69) is 19.2 Å². The number of amides is 1. The second-order valence-electron chi connectivity index (χ2n) is 5.82. The lowest BCUT2D eigenvalue weighted by molar-refractivity contribution is 0.102. The highest BCUT2D eigenvalue weighted by atomic mass is 32.2. The van der Waals surface area contributed by atoms with Crippen molar-refractivity contribution in [3.8, 4) is 0 Å². The number of primary sulfonamides is 1. The maximum Gasteiger partial charge on any atom is 0.255 e. The molecule has 0 unspecified atom stereocenters. The van der Waals surface area contributed by atoms with Gasteiger partial charge in [-0.15, -0.1) is 0 Å². The van der Waals surface area contributed by atoms with Gasteiger partial charge in [-0.05, 0) is 54.3 Å². The molecule has 2 aromatic carbocycles. The molecule has 0 aliphatic carbocycles. The third kappa shape index (κ3) is 4.91. The van der Waals surface area contributed by atoms with Gasteiger partial charge in [-0.3, -0.25) is 4.79 Å². The van der Waals surface area contributed by atoms with Crippen molar-refractivity contribution in [3.63, 3.8) is 0 Å². The van der Waals surface area contributed by atoms with Crippen LogP contribution in [0.2, 0.25) is 0 Å². The van der Waals surface area contributed by atoms with Crippen molar-refractivity contribution in [2.24, 2.45) is 11.1 Å². The standard InChI is InChI=1S/C17H20N2O3S/c1-12(2)11-13-3-5-14(6-4-13)17(20)19-15-7-9-16(10-8-15)23(18,21)22/h3-10,12H,11H2,1-2H3,(H,19,20)(H2,18,21,22). The number of carbonyl (C=O) groups excluding carboxylic acids is 1. The van der Waals surface area contributed by atoms with E-state index < -0.39 is 10.0 Å². The Bertz CT molecular complexity index is 780. The number of sulfonamides is 1. The molecule has 0 heterocycles. The molecule has 0 saturated heterocycles. The van der Waals surface area contributed by atoms with E-state index in [0.717, 1.165) is 6.42 Å². The van der Waals surface area contributed by atoms with E-state index in [0.29, 0.717) is 17.2 Å². The highest BCUT2D eigenvalue weighted by molar-refractivity contribution is 7.89. The predicted molar refractivity (Wildman–Crippen MR) is 90.8 cm³/mol. The molecule has 0 spiro atoms. The molecule has 0 saturated carbocycles. The average molecular weight is 332 g/mol. The van der Waals surface area contributed by atoms with Gasteiger partial charge < -0.3 is 5.32 Å². The normalized spacial score (nSPS) is 11.5. The average Bonchev–Trinajstić information content (AvgIpc) is 2.47. The number of hydrogen-bond acceptors (Lipinski definition) is 3. The predicted octanol–water partition coefficient (Wildman–Crippen LogP) is 2.78.